The summed E-state index contributed by atoms with van der Waals surface area (Å²) in [5.41, 5.74) is 0.366. The van der Waals surface area contributed by atoms with Crippen LogP contribution in [0.2, 0.25) is 0 Å². The molecule has 0 amide bonds. The zero-order valence-corrected chi connectivity index (χ0v) is 14.3. The van der Waals surface area contributed by atoms with Gasteiger partial charge in [0.25, 0.3) is 10.0 Å². The Morgan fingerprint density at radius 2 is 1.80 bits per heavy atom. The van der Waals surface area contributed by atoms with E-state index in [1.807, 2.05) is 6.92 Å². The number of carbonyl (C=O) groups excluding carboxylic acids is 1. The van der Waals surface area contributed by atoms with Gasteiger partial charge in [0.1, 0.15) is 16.5 Å². The minimum atomic E-state index is -4.30. The van der Waals surface area contributed by atoms with Crippen LogP contribution < -0.4 is 4.72 Å². The standard InChI is InChI=1S/C17H17F2NO4S/c1-2-3-10-24-17(21)12-4-7-14(8-5-12)20-25(22,23)16-11-13(18)6-9-15(16)19/h4-9,11,20H,2-3,10H2,1H3. The lowest BCUT2D eigenvalue weighted by Gasteiger charge is -2.10. The summed E-state index contributed by atoms with van der Waals surface area (Å²) in [5.74, 6) is -2.45. The summed E-state index contributed by atoms with van der Waals surface area (Å²) >= 11 is 0. The van der Waals surface area contributed by atoms with Gasteiger partial charge >= 0.3 is 5.97 Å². The Morgan fingerprint density at radius 3 is 2.44 bits per heavy atom. The number of carbonyl (C=O) groups is 1. The van der Waals surface area contributed by atoms with E-state index in [1.54, 1.807) is 0 Å². The third-order valence-electron chi connectivity index (χ3n) is 3.29. The van der Waals surface area contributed by atoms with Crippen molar-refractivity contribution in [3.05, 3.63) is 59.7 Å². The normalized spacial score (nSPS) is 11.2. The average Bonchev–Trinajstić information content (AvgIpc) is 2.57. The van der Waals surface area contributed by atoms with E-state index in [2.05, 4.69) is 4.72 Å². The van der Waals surface area contributed by atoms with Crippen LogP contribution in [0.3, 0.4) is 0 Å². The number of esters is 1. The molecule has 0 saturated carbocycles. The molecule has 0 aliphatic heterocycles. The second-order valence-electron chi connectivity index (χ2n) is 5.25. The molecule has 0 fully saturated rings. The minimum absolute atomic E-state index is 0.105. The highest BCUT2D eigenvalue weighted by atomic mass is 32.2. The minimum Gasteiger partial charge on any atom is -0.462 e. The molecule has 0 radical (unpaired) electrons. The van der Waals surface area contributed by atoms with Gasteiger partial charge in [0, 0.05) is 5.69 Å². The summed E-state index contributed by atoms with van der Waals surface area (Å²) in [6.07, 6.45) is 1.65. The molecule has 0 bridgehead atoms. The molecule has 8 heteroatoms. The van der Waals surface area contributed by atoms with Crippen LogP contribution in [0.4, 0.5) is 14.5 Å². The maximum Gasteiger partial charge on any atom is 0.338 e. The highest BCUT2D eigenvalue weighted by Gasteiger charge is 2.20. The van der Waals surface area contributed by atoms with E-state index in [9.17, 15) is 22.0 Å². The highest BCUT2D eigenvalue weighted by Crippen LogP contribution is 2.20. The van der Waals surface area contributed by atoms with Crippen molar-refractivity contribution in [2.24, 2.45) is 0 Å². The topological polar surface area (TPSA) is 72.5 Å². The Hall–Kier alpha value is -2.48. The molecule has 0 saturated heterocycles. The third-order valence-corrected chi connectivity index (χ3v) is 4.68. The van der Waals surface area contributed by atoms with Crippen molar-refractivity contribution in [2.75, 3.05) is 11.3 Å². The van der Waals surface area contributed by atoms with Crippen molar-refractivity contribution in [3.8, 4) is 0 Å². The molecule has 0 aliphatic carbocycles. The summed E-state index contributed by atoms with van der Waals surface area (Å²) < 4.78 is 58.3. The van der Waals surface area contributed by atoms with Crippen molar-refractivity contribution in [3.63, 3.8) is 0 Å². The van der Waals surface area contributed by atoms with E-state index >= 15 is 0 Å². The van der Waals surface area contributed by atoms with Gasteiger partial charge in [-0.1, -0.05) is 13.3 Å². The van der Waals surface area contributed by atoms with E-state index in [1.165, 1.54) is 24.3 Å². The Kier molecular flexibility index (Phi) is 6.08. The summed E-state index contributed by atoms with van der Waals surface area (Å²) in [6, 6.07) is 7.60. The van der Waals surface area contributed by atoms with Crippen molar-refractivity contribution in [1.29, 1.82) is 0 Å². The third kappa shape index (κ3) is 4.99. The lowest BCUT2D eigenvalue weighted by atomic mass is 10.2. The van der Waals surface area contributed by atoms with Crippen LogP contribution in [0.15, 0.2) is 47.4 Å². The van der Waals surface area contributed by atoms with Crippen LogP contribution in [0, 0.1) is 11.6 Å². The molecule has 0 aromatic heterocycles. The molecule has 0 unspecified atom stereocenters. The van der Waals surface area contributed by atoms with Crippen LogP contribution in [-0.2, 0) is 14.8 Å². The van der Waals surface area contributed by atoms with E-state index in [4.69, 9.17) is 4.74 Å². The number of sulfonamides is 1. The molecule has 0 atom stereocenters. The molecule has 0 heterocycles. The highest BCUT2D eigenvalue weighted by molar-refractivity contribution is 7.92. The number of hydrogen-bond donors (Lipinski definition) is 1. The first-order chi connectivity index (χ1) is 11.8. The van der Waals surface area contributed by atoms with Gasteiger partial charge in [-0.05, 0) is 48.9 Å². The van der Waals surface area contributed by atoms with Crippen molar-refractivity contribution < 1.29 is 26.7 Å². The summed E-state index contributed by atoms with van der Waals surface area (Å²) in [7, 11) is -4.30. The van der Waals surface area contributed by atoms with E-state index < -0.39 is 32.5 Å². The number of hydrogen-bond acceptors (Lipinski definition) is 4. The van der Waals surface area contributed by atoms with Crippen LogP contribution in [0.25, 0.3) is 0 Å². The maximum absolute atomic E-state index is 13.6. The molecule has 2 rings (SSSR count). The van der Waals surface area contributed by atoms with Crippen molar-refractivity contribution >= 4 is 21.7 Å². The molecule has 0 aliphatic rings. The van der Waals surface area contributed by atoms with E-state index in [0.717, 1.165) is 25.0 Å². The number of halogens is 2. The Balaban J connectivity index is 2.12. The zero-order valence-electron chi connectivity index (χ0n) is 13.5. The second-order valence-corrected chi connectivity index (χ2v) is 6.90. The van der Waals surface area contributed by atoms with Gasteiger partial charge in [-0.3, -0.25) is 4.72 Å². The molecule has 1 N–H and O–H groups in total. The lowest BCUT2D eigenvalue weighted by molar-refractivity contribution is 0.0500. The number of anilines is 1. The molecule has 2 aromatic carbocycles. The average molecular weight is 369 g/mol. The predicted molar refractivity (Wildman–Crippen MR) is 88.8 cm³/mol. The van der Waals surface area contributed by atoms with Gasteiger partial charge in [0.2, 0.25) is 0 Å². The first kappa shape index (κ1) is 18.9. The molecule has 0 spiro atoms. The van der Waals surface area contributed by atoms with E-state index in [0.29, 0.717) is 12.7 Å². The fourth-order valence-electron chi connectivity index (χ4n) is 1.96. The monoisotopic (exact) mass is 369 g/mol. The first-order valence-electron chi connectivity index (χ1n) is 7.58. The van der Waals surface area contributed by atoms with E-state index in [-0.39, 0.29) is 11.3 Å². The Labute approximate surface area is 144 Å². The number of rotatable bonds is 7. The van der Waals surface area contributed by atoms with Crippen molar-refractivity contribution in [1.82, 2.24) is 0 Å². The van der Waals surface area contributed by atoms with Crippen LogP contribution in [0.1, 0.15) is 30.1 Å². The number of benzene rings is 2. The Morgan fingerprint density at radius 1 is 1.12 bits per heavy atom. The Bertz CT molecular complexity index is 851. The molecule has 25 heavy (non-hydrogen) atoms. The molecular weight excluding hydrogens is 352 g/mol. The largest absolute Gasteiger partial charge is 0.462 e. The van der Waals surface area contributed by atoms with Gasteiger partial charge in [-0.25, -0.2) is 22.0 Å². The molecular formula is C17H17F2NO4S. The summed E-state index contributed by atoms with van der Waals surface area (Å²) in [5, 5.41) is 0. The predicted octanol–water partition coefficient (Wildman–Crippen LogP) is 3.72. The quantitative estimate of drug-likeness (QED) is 0.596. The van der Waals surface area contributed by atoms with Gasteiger partial charge in [0.05, 0.1) is 12.2 Å². The summed E-state index contributed by atoms with van der Waals surface area (Å²) in [4.78, 5) is 11.0. The van der Waals surface area contributed by atoms with Gasteiger partial charge in [-0.2, -0.15) is 0 Å². The van der Waals surface area contributed by atoms with Crippen molar-refractivity contribution in [2.45, 2.75) is 24.7 Å². The molecule has 134 valence electrons. The molecule has 5 nitrogen and oxygen atoms in total. The van der Waals surface area contributed by atoms with Gasteiger partial charge < -0.3 is 4.74 Å². The lowest BCUT2D eigenvalue weighted by Crippen LogP contribution is -2.15. The fraction of sp³-hybridized carbons (Fsp3) is 0.235. The maximum atomic E-state index is 13.6. The second kappa shape index (κ2) is 8.06. The fourth-order valence-corrected chi connectivity index (χ4v) is 3.11. The summed E-state index contributed by atoms with van der Waals surface area (Å²) in [6.45, 7) is 2.28. The number of nitrogens with one attached hydrogen (secondary N) is 1. The van der Waals surface area contributed by atoms with Gasteiger partial charge in [0.15, 0.2) is 0 Å². The van der Waals surface area contributed by atoms with Crippen LogP contribution in [-0.4, -0.2) is 21.0 Å². The van der Waals surface area contributed by atoms with Crippen LogP contribution in [0.5, 0.6) is 0 Å². The first-order valence-corrected chi connectivity index (χ1v) is 9.07. The zero-order chi connectivity index (χ0) is 18.4. The van der Waals surface area contributed by atoms with Gasteiger partial charge in [-0.15, -0.1) is 0 Å². The number of ether oxygens (including phenoxy) is 1. The smallest absolute Gasteiger partial charge is 0.338 e. The van der Waals surface area contributed by atoms with Crippen LogP contribution >= 0.6 is 0 Å². The number of unbranched alkanes of at least 4 members (excludes halogenated alkanes) is 1. The molecule has 2 aromatic rings. The SMILES string of the molecule is CCCCOC(=O)c1ccc(NS(=O)(=O)c2cc(F)ccc2F)cc1.